The number of aryl methyl sites for hydroxylation is 2. The highest BCUT2D eigenvalue weighted by Gasteiger charge is 2.11. The van der Waals surface area contributed by atoms with Crippen molar-refractivity contribution in [3.63, 3.8) is 0 Å². The zero-order valence-corrected chi connectivity index (χ0v) is 11.0. The molecular formula is C13H16N4O. The largest absolute Gasteiger partial charge is 0.496 e. The van der Waals surface area contributed by atoms with Gasteiger partial charge in [0.1, 0.15) is 11.6 Å². The van der Waals surface area contributed by atoms with Crippen LogP contribution < -0.4 is 10.1 Å². The second kappa shape index (κ2) is 5.00. The Hall–Kier alpha value is -2.17. The standard InChI is InChI=1S/C13H16N4O/c1-8-5-10(11(18-4)6-9(8)2)13-16-12(14-3)7-15-17-13/h5-7H,1-4H3,(H,14,16,17). The molecule has 1 aromatic carbocycles. The molecule has 0 atom stereocenters. The zero-order valence-electron chi connectivity index (χ0n) is 11.0. The average Bonchev–Trinajstić information content (AvgIpc) is 2.41. The molecule has 0 spiro atoms. The van der Waals surface area contributed by atoms with Gasteiger partial charge in [0.05, 0.1) is 18.9 Å². The van der Waals surface area contributed by atoms with Crippen LogP contribution in [0.25, 0.3) is 11.4 Å². The molecule has 2 rings (SSSR count). The smallest absolute Gasteiger partial charge is 0.187 e. The average molecular weight is 244 g/mol. The van der Waals surface area contributed by atoms with Gasteiger partial charge in [-0.2, -0.15) is 5.10 Å². The molecule has 0 fully saturated rings. The van der Waals surface area contributed by atoms with Gasteiger partial charge in [0.25, 0.3) is 0 Å². The lowest BCUT2D eigenvalue weighted by atomic mass is 10.0. The van der Waals surface area contributed by atoms with Gasteiger partial charge in [-0.25, -0.2) is 4.98 Å². The van der Waals surface area contributed by atoms with Crippen molar-refractivity contribution in [3.05, 3.63) is 29.5 Å². The Bertz CT molecular complexity index is 569. The highest BCUT2D eigenvalue weighted by atomic mass is 16.5. The van der Waals surface area contributed by atoms with Crippen molar-refractivity contribution in [2.45, 2.75) is 13.8 Å². The van der Waals surface area contributed by atoms with Crippen LogP contribution in [0.5, 0.6) is 5.75 Å². The molecule has 2 aromatic rings. The number of hydrogen-bond acceptors (Lipinski definition) is 5. The quantitative estimate of drug-likeness (QED) is 0.897. The lowest BCUT2D eigenvalue weighted by Crippen LogP contribution is -2.00. The zero-order chi connectivity index (χ0) is 13.1. The van der Waals surface area contributed by atoms with Crippen molar-refractivity contribution in [1.82, 2.24) is 15.2 Å². The van der Waals surface area contributed by atoms with E-state index in [1.807, 2.05) is 26.0 Å². The molecule has 0 bridgehead atoms. The van der Waals surface area contributed by atoms with E-state index < -0.39 is 0 Å². The minimum Gasteiger partial charge on any atom is -0.496 e. The second-order valence-electron chi connectivity index (χ2n) is 4.05. The minimum atomic E-state index is 0.557. The number of rotatable bonds is 3. The monoisotopic (exact) mass is 244 g/mol. The van der Waals surface area contributed by atoms with E-state index in [1.54, 1.807) is 20.4 Å². The SMILES string of the molecule is CNc1cnnc(-c2cc(C)c(C)cc2OC)n1. The fourth-order valence-corrected chi connectivity index (χ4v) is 1.67. The van der Waals surface area contributed by atoms with E-state index in [4.69, 9.17) is 4.74 Å². The van der Waals surface area contributed by atoms with Crippen LogP contribution in [0.4, 0.5) is 5.82 Å². The molecule has 1 aromatic heterocycles. The van der Waals surface area contributed by atoms with Crippen molar-refractivity contribution < 1.29 is 4.74 Å². The minimum absolute atomic E-state index is 0.557. The van der Waals surface area contributed by atoms with Crippen LogP contribution in [-0.4, -0.2) is 29.3 Å². The lowest BCUT2D eigenvalue weighted by molar-refractivity contribution is 0.415. The third-order valence-corrected chi connectivity index (χ3v) is 2.87. The number of methoxy groups -OCH3 is 1. The number of aromatic nitrogens is 3. The van der Waals surface area contributed by atoms with E-state index >= 15 is 0 Å². The van der Waals surface area contributed by atoms with Crippen LogP contribution in [0.3, 0.4) is 0 Å². The Balaban J connectivity index is 2.58. The van der Waals surface area contributed by atoms with Crippen LogP contribution in [0.2, 0.25) is 0 Å². The first-order valence-electron chi connectivity index (χ1n) is 5.68. The molecular weight excluding hydrogens is 228 g/mol. The molecule has 94 valence electrons. The molecule has 0 saturated heterocycles. The summed E-state index contributed by atoms with van der Waals surface area (Å²) in [4.78, 5) is 4.38. The Labute approximate surface area is 106 Å². The number of ether oxygens (including phenoxy) is 1. The Kier molecular flexibility index (Phi) is 3.41. The number of anilines is 1. The normalized spacial score (nSPS) is 10.2. The van der Waals surface area contributed by atoms with Crippen molar-refractivity contribution in [2.75, 3.05) is 19.5 Å². The van der Waals surface area contributed by atoms with Gasteiger partial charge < -0.3 is 10.1 Å². The van der Waals surface area contributed by atoms with Gasteiger partial charge in [0.15, 0.2) is 5.82 Å². The summed E-state index contributed by atoms with van der Waals surface area (Å²) in [5, 5.41) is 10.9. The van der Waals surface area contributed by atoms with Crippen LogP contribution in [-0.2, 0) is 0 Å². The van der Waals surface area contributed by atoms with Gasteiger partial charge in [0, 0.05) is 7.05 Å². The summed E-state index contributed by atoms with van der Waals surface area (Å²) >= 11 is 0. The van der Waals surface area contributed by atoms with Gasteiger partial charge in [-0.05, 0) is 37.1 Å². The molecule has 0 amide bonds. The molecule has 5 nitrogen and oxygen atoms in total. The summed E-state index contributed by atoms with van der Waals surface area (Å²) in [6.45, 7) is 4.10. The molecule has 0 aliphatic heterocycles. The van der Waals surface area contributed by atoms with Gasteiger partial charge in [-0.15, -0.1) is 5.10 Å². The van der Waals surface area contributed by atoms with Crippen LogP contribution in [0.15, 0.2) is 18.3 Å². The number of nitrogens with one attached hydrogen (secondary N) is 1. The molecule has 5 heteroatoms. The first-order chi connectivity index (χ1) is 8.65. The maximum Gasteiger partial charge on any atom is 0.187 e. The van der Waals surface area contributed by atoms with E-state index in [-0.39, 0.29) is 0 Å². The first kappa shape index (κ1) is 12.3. The highest BCUT2D eigenvalue weighted by molar-refractivity contribution is 5.66. The summed E-state index contributed by atoms with van der Waals surface area (Å²) in [6, 6.07) is 4.00. The molecule has 0 aliphatic carbocycles. The van der Waals surface area contributed by atoms with Crippen molar-refractivity contribution >= 4 is 5.82 Å². The maximum absolute atomic E-state index is 5.38. The van der Waals surface area contributed by atoms with E-state index in [1.165, 1.54) is 11.1 Å². The highest BCUT2D eigenvalue weighted by Crippen LogP contribution is 2.30. The van der Waals surface area contributed by atoms with Gasteiger partial charge in [0.2, 0.25) is 0 Å². The number of benzene rings is 1. The van der Waals surface area contributed by atoms with E-state index in [0.717, 1.165) is 11.3 Å². The van der Waals surface area contributed by atoms with E-state index in [9.17, 15) is 0 Å². The van der Waals surface area contributed by atoms with Crippen LogP contribution in [0, 0.1) is 13.8 Å². The molecule has 0 radical (unpaired) electrons. The van der Waals surface area contributed by atoms with Gasteiger partial charge in [-0.3, -0.25) is 0 Å². The lowest BCUT2D eigenvalue weighted by Gasteiger charge is -2.10. The molecule has 0 aliphatic rings. The molecule has 1 heterocycles. The maximum atomic E-state index is 5.38. The predicted molar refractivity (Wildman–Crippen MR) is 70.8 cm³/mol. The van der Waals surface area contributed by atoms with Crippen LogP contribution >= 0.6 is 0 Å². The van der Waals surface area contributed by atoms with E-state index in [2.05, 4.69) is 20.5 Å². The summed E-state index contributed by atoms with van der Waals surface area (Å²) < 4.78 is 5.38. The van der Waals surface area contributed by atoms with Crippen molar-refractivity contribution in [2.24, 2.45) is 0 Å². The van der Waals surface area contributed by atoms with Crippen molar-refractivity contribution in [1.29, 1.82) is 0 Å². The second-order valence-corrected chi connectivity index (χ2v) is 4.05. The van der Waals surface area contributed by atoms with Crippen LogP contribution in [0.1, 0.15) is 11.1 Å². The topological polar surface area (TPSA) is 59.9 Å². The third kappa shape index (κ3) is 2.25. The third-order valence-electron chi connectivity index (χ3n) is 2.87. The number of hydrogen-bond donors (Lipinski definition) is 1. The Morgan fingerprint density at radius 3 is 2.56 bits per heavy atom. The van der Waals surface area contributed by atoms with E-state index in [0.29, 0.717) is 11.6 Å². The fraction of sp³-hybridized carbons (Fsp3) is 0.308. The summed E-state index contributed by atoms with van der Waals surface area (Å²) in [5.41, 5.74) is 3.20. The Morgan fingerprint density at radius 2 is 1.89 bits per heavy atom. The Morgan fingerprint density at radius 1 is 1.17 bits per heavy atom. The summed E-state index contributed by atoms with van der Waals surface area (Å²) in [6.07, 6.45) is 1.58. The van der Waals surface area contributed by atoms with Gasteiger partial charge in [-0.1, -0.05) is 0 Å². The summed E-state index contributed by atoms with van der Waals surface area (Å²) in [7, 11) is 3.44. The number of nitrogens with zero attached hydrogens (tertiary/aromatic N) is 3. The van der Waals surface area contributed by atoms with Gasteiger partial charge >= 0.3 is 0 Å². The van der Waals surface area contributed by atoms with Crippen molar-refractivity contribution in [3.8, 4) is 17.1 Å². The summed E-state index contributed by atoms with van der Waals surface area (Å²) in [5.74, 6) is 2.00. The predicted octanol–water partition coefficient (Wildman–Crippen LogP) is 2.21. The molecule has 0 unspecified atom stereocenters. The first-order valence-corrected chi connectivity index (χ1v) is 5.68. The molecule has 18 heavy (non-hydrogen) atoms. The molecule has 1 N–H and O–H groups in total. The fourth-order valence-electron chi connectivity index (χ4n) is 1.67. The molecule has 0 saturated carbocycles.